The number of piperazine rings is 1. The molecule has 6 heteroatoms. The molecule has 2 rings (SSSR count). The lowest BCUT2D eigenvalue weighted by atomic mass is 9.98. The lowest BCUT2D eigenvalue weighted by Gasteiger charge is -2.39. The number of hydrogen-bond donors (Lipinski definition) is 1. The SMILES string of the molecule is CCC(C)C(N)C(=O)N1CCCCC(N2CCN(C)CC2)C1.Cl. The predicted molar refractivity (Wildman–Crippen MR) is 98.0 cm³/mol. The summed E-state index contributed by atoms with van der Waals surface area (Å²) in [5.74, 6) is 0.424. The molecule has 0 radical (unpaired) electrons. The standard InChI is InChI=1S/C17H34N4O.ClH/c1-4-14(2)16(18)17(22)21-8-6-5-7-15(13-21)20-11-9-19(3)10-12-20;/h14-16H,4-13,18H2,1-3H3;1H. The maximum absolute atomic E-state index is 12.7. The lowest BCUT2D eigenvalue weighted by molar-refractivity contribution is -0.134. The molecule has 5 nitrogen and oxygen atoms in total. The maximum atomic E-state index is 12.7. The second-order valence-electron chi connectivity index (χ2n) is 7.18. The van der Waals surface area contributed by atoms with Crippen molar-refractivity contribution in [2.75, 3.05) is 46.3 Å². The number of carbonyl (C=O) groups excluding carboxylic acids is 1. The van der Waals surface area contributed by atoms with E-state index in [1.165, 1.54) is 12.8 Å². The Morgan fingerprint density at radius 1 is 1.17 bits per heavy atom. The number of likely N-dealkylation sites (tertiary alicyclic amines) is 1. The number of rotatable bonds is 4. The first kappa shape index (κ1) is 20.7. The Morgan fingerprint density at radius 3 is 2.43 bits per heavy atom. The van der Waals surface area contributed by atoms with E-state index in [1.807, 2.05) is 4.90 Å². The van der Waals surface area contributed by atoms with Gasteiger partial charge < -0.3 is 15.5 Å². The molecule has 0 spiro atoms. The Bertz CT molecular complexity index is 361. The first-order valence-electron chi connectivity index (χ1n) is 9.00. The van der Waals surface area contributed by atoms with E-state index in [1.54, 1.807) is 0 Å². The van der Waals surface area contributed by atoms with Gasteiger partial charge in [-0.05, 0) is 25.8 Å². The van der Waals surface area contributed by atoms with E-state index in [0.717, 1.165) is 52.1 Å². The van der Waals surface area contributed by atoms with Crippen molar-refractivity contribution >= 4 is 18.3 Å². The van der Waals surface area contributed by atoms with Crippen molar-refractivity contribution in [1.82, 2.24) is 14.7 Å². The molecule has 0 aromatic carbocycles. The number of amides is 1. The fourth-order valence-electron chi connectivity index (χ4n) is 3.51. The van der Waals surface area contributed by atoms with Crippen molar-refractivity contribution in [3.05, 3.63) is 0 Å². The van der Waals surface area contributed by atoms with Gasteiger partial charge in [0.25, 0.3) is 0 Å². The highest BCUT2D eigenvalue weighted by Gasteiger charge is 2.31. The number of halogens is 1. The molecule has 0 aliphatic carbocycles. The van der Waals surface area contributed by atoms with Crippen molar-refractivity contribution in [3.8, 4) is 0 Å². The zero-order valence-electron chi connectivity index (χ0n) is 15.0. The van der Waals surface area contributed by atoms with Gasteiger partial charge in [-0.25, -0.2) is 0 Å². The monoisotopic (exact) mass is 346 g/mol. The number of nitrogens with zero attached hydrogens (tertiary/aromatic N) is 3. The van der Waals surface area contributed by atoms with Gasteiger partial charge in [-0.3, -0.25) is 9.69 Å². The molecular formula is C17H35ClN4O. The molecule has 2 aliphatic rings. The normalized spacial score (nSPS) is 27.0. The third-order valence-electron chi connectivity index (χ3n) is 5.55. The molecule has 2 fully saturated rings. The van der Waals surface area contributed by atoms with Crippen LogP contribution in [0.5, 0.6) is 0 Å². The molecule has 3 atom stereocenters. The Balaban J connectivity index is 0.00000264. The Labute approximate surface area is 148 Å². The van der Waals surface area contributed by atoms with Crippen molar-refractivity contribution < 1.29 is 4.79 Å². The fraction of sp³-hybridized carbons (Fsp3) is 0.941. The molecule has 3 unspecified atom stereocenters. The highest BCUT2D eigenvalue weighted by atomic mass is 35.5. The van der Waals surface area contributed by atoms with E-state index in [9.17, 15) is 4.79 Å². The maximum Gasteiger partial charge on any atom is 0.239 e. The summed E-state index contributed by atoms with van der Waals surface area (Å²) in [6, 6.07) is 0.181. The lowest BCUT2D eigenvalue weighted by Crippen LogP contribution is -2.54. The van der Waals surface area contributed by atoms with Crippen LogP contribution in [0.1, 0.15) is 39.5 Å². The molecule has 0 bridgehead atoms. The van der Waals surface area contributed by atoms with Gasteiger partial charge in [0.1, 0.15) is 0 Å². The summed E-state index contributed by atoms with van der Waals surface area (Å²) < 4.78 is 0. The van der Waals surface area contributed by atoms with Crippen LogP contribution in [0.2, 0.25) is 0 Å². The van der Waals surface area contributed by atoms with E-state index < -0.39 is 0 Å². The first-order chi connectivity index (χ1) is 10.5. The van der Waals surface area contributed by atoms with Gasteiger partial charge >= 0.3 is 0 Å². The van der Waals surface area contributed by atoms with Crippen LogP contribution in [0.4, 0.5) is 0 Å². The quantitative estimate of drug-likeness (QED) is 0.836. The number of hydrogen-bond acceptors (Lipinski definition) is 4. The first-order valence-corrected chi connectivity index (χ1v) is 9.00. The van der Waals surface area contributed by atoms with Crippen LogP contribution in [0.15, 0.2) is 0 Å². The minimum absolute atomic E-state index is 0. The van der Waals surface area contributed by atoms with Crippen LogP contribution < -0.4 is 5.73 Å². The summed E-state index contributed by atoms with van der Waals surface area (Å²) in [4.78, 5) is 19.7. The van der Waals surface area contributed by atoms with E-state index in [2.05, 4.69) is 30.7 Å². The molecule has 2 saturated heterocycles. The van der Waals surface area contributed by atoms with Crippen LogP contribution in [0.25, 0.3) is 0 Å². The van der Waals surface area contributed by atoms with E-state index in [0.29, 0.717) is 6.04 Å². The number of nitrogens with two attached hydrogens (primary N) is 1. The number of likely N-dealkylation sites (N-methyl/N-ethyl adjacent to an activating group) is 1. The average molecular weight is 347 g/mol. The summed E-state index contributed by atoms with van der Waals surface area (Å²) in [7, 11) is 2.19. The minimum Gasteiger partial charge on any atom is -0.340 e. The van der Waals surface area contributed by atoms with Gasteiger partial charge in [-0.15, -0.1) is 12.4 Å². The molecule has 2 N–H and O–H groups in total. The van der Waals surface area contributed by atoms with Gasteiger partial charge in [0.05, 0.1) is 6.04 Å². The molecule has 2 aliphatic heterocycles. The molecule has 1 amide bonds. The third-order valence-corrected chi connectivity index (χ3v) is 5.55. The van der Waals surface area contributed by atoms with Crippen molar-refractivity contribution in [2.24, 2.45) is 11.7 Å². The molecule has 23 heavy (non-hydrogen) atoms. The van der Waals surface area contributed by atoms with Gasteiger partial charge in [0, 0.05) is 45.3 Å². The smallest absolute Gasteiger partial charge is 0.239 e. The fourth-order valence-corrected chi connectivity index (χ4v) is 3.51. The summed E-state index contributed by atoms with van der Waals surface area (Å²) in [5.41, 5.74) is 6.18. The van der Waals surface area contributed by atoms with Gasteiger partial charge in [-0.1, -0.05) is 26.7 Å². The van der Waals surface area contributed by atoms with Crippen LogP contribution in [0.3, 0.4) is 0 Å². The topological polar surface area (TPSA) is 52.8 Å². The van der Waals surface area contributed by atoms with Gasteiger partial charge in [0.15, 0.2) is 0 Å². The van der Waals surface area contributed by atoms with Gasteiger partial charge in [-0.2, -0.15) is 0 Å². The average Bonchev–Trinajstić information content (AvgIpc) is 2.79. The summed E-state index contributed by atoms with van der Waals surface area (Å²) >= 11 is 0. The van der Waals surface area contributed by atoms with Crippen LogP contribution in [-0.2, 0) is 4.79 Å². The minimum atomic E-state index is -0.337. The third kappa shape index (κ3) is 5.59. The molecule has 0 aromatic rings. The zero-order chi connectivity index (χ0) is 16.1. The second kappa shape index (κ2) is 9.82. The van der Waals surface area contributed by atoms with E-state index in [4.69, 9.17) is 5.73 Å². The van der Waals surface area contributed by atoms with E-state index in [-0.39, 0.29) is 30.3 Å². The zero-order valence-corrected chi connectivity index (χ0v) is 15.9. The Morgan fingerprint density at radius 2 is 1.83 bits per heavy atom. The predicted octanol–water partition coefficient (Wildman–Crippen LogP) is 1.41. The summed E-state index contributed by atoms with van der Waals surface area (Å²) in [6.07, 6.45) is 4.51. The largest absolute Gasteiger partial charge is 0.340 e. The van der Waals surface area contributed by atoms with E-state index >= 15 is 0 Å². The highest BCUT2D eigenvalue weighted by molar-refractivity contribution is 5.85. The van der Waals surface area contributed by atoms with Crippen LogP contribution in [0, 0.1) is 5.92 Å². The number of carbonyl (C=O) groups is 1. The molecular weight excluding hydrogens is 312 g/mol. The van der Waals surface area contributed by atoms with Crippen LogP contribution in [-0.4, -0.2) is 79.0 Å². The Hall–Kier alpha value is -0.360. The Kier molecular flexibility index (Phi) is 8.83. The van der Waals surface area contributed by atoms with Crippen molar-refractivity contribution in [1.29, 1.82) is 0 Å². The molecule has 2 heterocycles. The summed E-state index contributed by atoms with van der Waals surface area (Å²) in [6.45, 7) is 10.5. The molecule has 136 valence electrons. The van der Waals surface area contributed by atoms with Crippen molar-refractivity contribution in [2.45, 2.75) is 51.6 Å². The molecule has 0 saturated carbocycles. The second-order valence-corrected chi connectivity index (χ2v) is 7.18. The van der Waals surface area contributed by atoms with Crippen molar-refractivity contribution in [3.63, 3.8) is 0 Å². The van der Waals surface area contributed by atoms with Gasteiger partial charge in [0.2, 0.25) is 5.91 Å². The molecule has 0 aromatic heterocycles. The van der Waals surface area contributed by atoms with Crippen LogP contribution >= 0.6 is 12.4 Å². The highest BCUT2D eigenvalue weighted by Crippen LogP contribution is 2.19. The summed E-state index contributed by atoms with van der Waals surface area (Å²) in [5, 5.41) is 0.